The Balaban J connectivity index is 1.67. The highest BCUT2D eigenvalue weighted by atomic mass is 16.3. The van der Waals surface area contributed by atoms with Crippen molar-refractivity contribution in [1.29, 1.82) is 0 Å². The molecule has 0 radical (unpaired) electrons. The third-order valence-corrected chi connectivity index (χ3v) is 8.97. The number of fused-ring (bicyclic) bond motifs is 5. The molecular weight excluding hydrogens is 324 g/mol. The van der Waals surface area contributed by atoms with Crippen LogP contribution in [-0.4, -0.2) is 23.3 Å². The van der Waals surface area contributed by atoms with Crippen molar-refractivity contribution < 1.29 is 14.7 Å². The number of carbonyl (C=O) groups excluding carboxylic acids is 2. The number of carbonyl (C=O) groups is 2. The average Bonchev–Trinajstić information content (AvgIpc) is 3.00. The Morgan fingerprint density at radius 3 is 2.69 bits per heavy atom. The smallest absolute Gasteiger partial charge is 0.155 e. The van der Waals surface area contributed by atoms with Crippen LogP contribution in [0.3, 0.4) is 0 Å². The lowest BCUT2D eigenvalue weighted by atomic mass is 9.46. The van der Waals surface area contributed by atoms with Gasteiger partial charge in [-0.05, 0) is 99.4 Å². The first-order valence-electron chi connectivity index (χ1n) is 10.8. The standard InChI is InChI=1S/C23H34O3/c1-15(25)19-6-7-21-18-5-4-16-14-17(26)8-11-22(16,2)20(18)9-12-23(19,21)10-3-13-24/h14,18-21,24H,3-13H2,1-2H3/t18-,19-,20-,21+,22-,23-/m1/s1. The number of Topliss-reactive ketones (excluding diaryl/α,β-unsaturated/α-hetero) is 1. The summed E-state index contributed by atoms with van der Waals surface area (Å²) in [6.07, 6.45) is 12.4. The molecule has 0 aliphatic heterocycles. The molecule has 0 unspecified atom stereocenters. The highest BCUT2D eigenvalue weighted by Gasteiger charge is 2.61. The lowest BCUT2D eigenvalue weighted by Crippen LogP contribution is -2.52. The molecule has 3 heteroatoms. The average molecular weight is 359 g/mol. The molecule has 6 atom stereocenters. The fourth-order valence-corrected chi connectivity index (χ4v) is 7.87. The normalized spacial score (nSPS) is 44.7. The van der Waals surface area contributed by atoms with E-state index in [1.54, 1.807) is 6.92 Å². The molecule has 0 heterocycles. The van der Waals surface area contributed by atoms with E-state index >= 15 is 0 Å². The molecule has 3 saturated carbocycles. The van der Waals surface area contributed by atoms with Gasteiger partial charge in [0.2, 0.25) is 0 Å². The number of ketones is 2. The van der Waals surface area contributed by atoms with Gasteiger partial charge in [0.1, 0.15) is 5.78 Å². The Morgan fingerprint density at radius 1 is 1.15 bits per heavy atom. The maximum Gasteiger partial charge on any atom is 0.155 e. The SMILES string of the molecule is CC(=O)[C@H]1CC[C@H]2[C@@H]3CCC4=CC(=O)CC[C@@]4(C)[C@@H]3CC[C@]12CCCO. The summed E-state index contributed by atoms with van der Waals surface area (Å²) in [4.78, 5) is 24.4. The number of allylic oxidation sites excluding steroid dienone is 1. The van der Waals surface area contributed by atoms with Gasteiger partial charge in [-0.3, -0.25) is 9.59 Å². The Labute approximate surface area is 157 Å². The first-order chi connectivity index (χ1) is 12.4. The van der Waals surface area contributed by atoms with Gasteiger partial charge in [0, 0.05) is 18.9 Å². The molecule has 144 valence electrons. The zero-order chi connectivity index (χ0) is 18.5. The number of hydrogen-bond donors (Lipinski definition) is 1. The Morgan fingerprint density at radius 2 is 1.96 bits per heavy atom. The molecule has 4 aliphatic carbocycles. The molecule has 4 rings (SSSR count). The van der Waals surface area contributed by atoms with Gasteiger partial charge in [0.25, 0.3) is 0 Å². The van der Waals surface area contributed by atoms with Crippen LogP contribution < -0.4 is 0 Å². The molecule has 1 N–H and O–H groups in total. The van der Waals surface area contributed by atoms with Gasteiger partial charge < -0.3 is 5.11 Å². The van der Waals surface area contributed by atoms with Crippen molar-refractivity contribution >= 4 is 11.6 Å². The highest BCUT2D eigenvalue weighted by molar-refractivity contribution is 5.91. The number of hydrogen-bond acceptors (Lipinski definition) is 3. The van der Waals surface area contributed by atoms with Crippen molar-refractivity contribution in [2.24, 2.45) is 34.5 Å². The van der Waals surface area contributed by atoms with E-state index < -0.39 is 0 Å². The summed E-state index contributed by atoms with van der Waals surface area (Å²) < 4.78 is 0. The van der Waals surface area contributed by atoms with E-state index in [0.29, 0.717) is 35.7 Å². The molecule has 0 aromatic heterocycles. The Hall–Kier alpha value is -0.960. The van der Waals surface area contributed by atoms with E-state index in [0.717, 1.165) is 38.5 Å². The molecule has 4 aliphatic rings. The zero-order valence-corrected chi connectivity index (χ0v) is 16.4. The third-order valence-electron chi connectivity index (χ3n) is 8.97. The van der Waals surface area contributed by atoms with Gasteiger partial charge in [-0.1, -0.05) is 12.5 Å². The molecule has 3 fully saturated rings. The molecule has 0 bridgehead atoms. The number of rotatable bonds is 4. The van der Waals surface area contributed by atoms with Crippen LogP contribution in [0.5, 0.6) is 0 Å². The Bertz CT molecular complexity index is 635. The van der Waals surface area contributed by atoms with E-state index in [4.69, 9.17) is 0 Å². The van der Waals surface area contributed by atoms with Crippen LogP contribution in [0.2, 0.25) is 0 Å². The summed E-state index contributed by atoms with van der Waals surface area (Å²) in [5.41, 5.74) is 1.76. The van der Waals surface area contributed by atoms with Crippen LogP contribution in [0.4, 0.5) is 0 Å². The van der Waals surface area contributed by atoms with E-state index in [9.17, 15) is 14.7 Å². The van der Waals surface area contributed by atoms with Gasteiger partial charge in [0.05, 0.1) is 0 Å². The quantitative estimate of drug-likeness (QED) is 0.806. The molecule has 0 amide bonds. The first-order valence-corrected chi connectivity index (χ1v) is 10.8. The van der Waals surface area contributed by atoms with Crippen molar-refractivity contribution in [2.45, 2.75) is 78.1 Å². The molecule has 0 saturated heterocycles. The number of aliphatic hydroxyl groups is 1. The van der Waals surface area contributed by atoms with Crippen LogP contribution in [0.15, 0.2) is 11.6 Å². The summed E-state index contributed by atoms with van der Waals surface area (Å²) in [5, 5.41) is 9.47. The minimum Gasteiger partial charge on any atom is -0.396 e. The Kier molecular flexibility index (Phi) is 4.66. The zero-order valence-electron chi connectivity index (χ0n) is 16.4. The summed E-state index contributed by atoms with van der Waals surface area (Å²) in [7, 11) is 0. The van der Waals surface area contributed by atoms with E-state index in [1.165, 1.54) is 24.8 Å². The largest absolute Gasteiger partial charge is 0.396 e. The van der Waals surface area contributed by atoms with Gasteiger partial charge in [-0.15, -0.1) is 0 Å². The van der Waals surface area contributed by atoms with Crippen LogP contribution in [-0.2, 0) is 9.59 Å². The molecule has 0 spiro atoms. The number of aliphatic hydroxyl groups excluding tert-OH is 1. The van der Waals surface area contributed by atoms with Gasteiger partial charge >= 0.3 is 0 Å². The molecule has 0 aromatic carbocycles. The third kappa shape index (κ3) is 2.57. The maximum absolute atomic E-state index is 12.4. The van der Waals surface area contributed by atoms with Crippen molar-refractivity contribution in [3.05, 3.63) is 11.6 Å². The van der Waals surface area contributed by atoms with Gasteiger partial charge in [-0.25, -0.2) is 0 Å². The summed E-state index contributed by atoms with van der Waals surface area (Å²) >= 11 is 0. The van der Waals surface area contributed by atoms with Crippen molar-refractivity contribution in [1.82, 2.24) is 0 Å². The van der Waals surface area contributed by atoms with Crippen molar-refractivity contribution in [3.8, 4) is 0 Å². The second-order valence-electron chi connectivity index (χ2n) is 9.81. The predicted octanol–water partition coefficient (Wildman–Crippen LogP) is 4.48. The van der Waals surface area contributed by atoms with Gasteiger partial charge in [-0.2, -0.15) is 0 Å². The fraction of sp³-hybridized carbons (Fsp3) is 0.826. The topological polar surface area (TPSA) is 54.4 Å². The van der Waals surface area contributed by atoms with E-state index in [1.807, 2.05) is 6.08 Å². The summed E-state index contributed by atoms with van der Waals surface area (Å²) in [6.45, 7) is 4.44. The molecule has 3 nitrogen and oxygen atoms in total. The van der Waals surface area contributed by atoms with Crippen LogP contribution >= 0.6 is 0 Å². The molecule has 26 heavy (non-hydrogen) atoms. The summed E-state index contributed by atoms with van der Waals surface area (Å²) in [6, 6.07) is 0. The minimum absolute atomic E-state index is 0.137. The van der Waals surface area contributed by atoms with Crippen LogP contribution in [0.1, 0.15) is 78.1 Å². The van der Waals surface area contributed by atoms with E-state index in [2.05, 4.69) is 6.92 Å². The second-order valence-corrected chi connectivity index (χ2v) is 9.81. The molecule has 0 aromatic rings. The fourth-order valence-electron chi connectivity index (χ4n) is 7.87. The minimum atomic E-state index is 0.137. The predicted molar refractivity (Wildman–Crippen MR) is 102 cm³/mol. The monoisotopic (exact) mass is 358 g/mol. The van der Waals surface area contributed by atoms with Crippen molar-refractivity contribution in [3.63, 3.8) is 0 Å². The lowest BCUT2D eigenvalue weighted by Gasteiger charge is -2.59. The van der Waals surface area contributed by atoms with Gasteiger partial charge in [0.15, 0.2) is 5.78 Å². The maximum atomic E-state index is 12.4. The second kappa shape index (κ2) is 6.58. The van der Waals surface area contributed by atoms with Crippen LogP contribution in [0.25, 0.3) is 0 Å². The van der Waals surface area contributed by atoms with Crippen molar-refractivity contribution in [2.75, 3.05) is 6.61 Å². The highest BCUT2D eigenvalue weighted by Crippen LogP contribution is 2.68. The summed E-state index contributed by atoms with van der Waals surface area (Å²) in [5.74, 6) is 2.90. The molecular formula is C23H34O3. The lowest BCUT2D eigenvalue weighted by molar-refractivity contribution is -0.130. The van der Waals surface area contributed by atoms with Crippen LogP contribution in [0, 0.1) is 34.5 Å². The first kappa shape index (κ1) is 18.4. The van der Waals surface area contributed by atoms with E-state index in [-0.39, 0.29) is 23.4 Å².